The van der Waals surface area contributed by atoms with Gasteiger partial charge in [0.2, 0.25) is 5.91 Å². The van der Waals surface area contributed by atoms with Gasteiger partial charge in [0.05, 0.1) is 19.3 Å². The van der Waals surface area contributed by atoms with Gasteiger partial charge in [-0.3, -0.25) is 20.1 Å². The lowest BCUT2D eigenvalue weighted by Gasteiger charge is -2.37. The van der Waals surface area contributed by atoms with Crippen molar-refractivity contribution >= 4 is 44.1 Å². The van der Waals surface area contributed by atoms with Gasteiger partial charge in [-0.2, -0.15) is 0 Å². The lowest BCUT2D eigenvalue weighted by molar-refractivity contribution is -0.130. The Labute approximate surface area is 231 Å². The zero-order valence-corrected chi connectivity index (χ0v) is 23.9. The van der Waals surface area contributed by atoms with E-state index in [9.17, 15) is 9.59 Å². The Hall–Kier alpha value is -3.69. The van der Waals surface area contributed by atoms with Crippen LogP contribution in [0.15, 0.2) is 55.1 Å². The van der Waals surface area contributed by atoms with Crippen molar-refractivity contribution < 1.29 is 14.3 Å². The van der Waals surface area contributed by atoms with Crippen LogP contribution in [0.2, 0.25) is 0 Å². The molecule has 2 aliphatic heterocycles. The summed E-state index contributed by atoms with van der Waals surface area (Å²) in [6, 6.07) is 6.00. The first-order chi connectivity index (χ1) is 18.8. The molecule has 1 aromatic carbocycles. The molecule has 4 rings (SSSR count). The molecular formula is C27H37N8O3P. The number of benzene rings is 1. The van der Waals surface area contributed by atoms with Gasteiger partial charge in [0.25, 0.3) is 0 Å². The van der Waals surface area contributed by atoms with E-state index in [1.165, 1.54) is 6.20 Å². The molecule has 12 heteroatoms. The number of hydrogen-bond donors (Lipinski definition) is 1. The summed E-state index contributed by atoms with van der Waals surface area (Å²) in [5.41, 5.74) is 2.14. The first kappa shape index (κ1) is 28.3. The molecule has 39 heavy (non-hydrogen) atoms. The number of allylic oxidation sites excluding steroid dienone is 1. The zero-order valence-electron chi connectivity index (χ0n) is 22.7. The van der Waals surface area contributed by atoms with E-state index in [2.05, 4.69) is 19.1 Å². The molecule has 1 aromatic heterocycles. The fraction of sp³-hybridized carbons (Fsp3) is 0.407. The van der Waals surface area contributed by atoms with E-state index < -0.39 is 0 Å². The number of ether oxygens (including phenoxy) is 1. The lowest BCUT2D eigenvalue weighted by Crippen LogP contribution is -2.49. The highest BCUT2D eigenvalue weighted by molar-refractivity contribution is 7.28. The number of aromatic nitrogens is 2. The number of nitrogens with one attached hydrogen (secondary N) is 1. The normalized spacial score (nSPS) is 18.0. The summed E-state index contributed by atoms with van der Waals surface area (Å²) in [5.74, 6) is 0.0675. The third kappa shape index (κ3) is 7.04. The lowest BCUT2D eigenvalue weighted by atomic mass is 10.2. The van der Waals surface area contributed by atoms with Gasteiger partial charge >= 0.3 is 6.09 Å². The van der Waals surface area contributed by atoms with Crippen molar-refractivity contribution in [2.45, 2.75) is 19.4 Å². The highest BCUT2D eigenvalue weighted by Gasteiger charge is 2.34. The van der Waals surface area contributed by atoms with Crippen LogP contribution in [0.5, 0.6) is 0 Å². The molecule has 2 amide bonds. The molecule has 1 N–H and O–H groups in total. The van der Waals surface area contributed by atoms with Gasteiger partial charge in [0.15, 0.2) is 0 Å². The number of anilines is 2. The third-order valence-corrected chi connectivity index (χ3v) is 7.20. The molecule has 2 fully saturated rings. The van der Waals surface area contributed by atoms with Crippen LogP contribution in [0.25, 0.3) is 6.20 Å². The highest BCUT2D eigenvalue weighted by Crippen LogP contribution is 2.26. The van der Waals surface area contributed by atoms with E-state index in [0.29, 0.717) is 26.2 Å². The van der Waals surface area contributed by atoms with E-state index in [-0.39, 0.29) is 30.0 Å². The molecule has 0 saturated carbocycles. The predicted molar refractivity (Wildman–Crippen MR) is 155 cm³/mol. The number of carbonyl (C=O) groups excluding carboxylic acids is 2. The van der Waals surface area contributed by atoms with Crippen LogP contribution < -0.4 is 20.6 Å². The summed E-state index contributed by atoms with van der Waals surface area (Å²) in [4.78, 5) is 35.1. The second-order valence-electron chi connectivity index (χ2n) is 9.64. The Balaban J connectivity index is 1.31. The minimum absolute atomic E-state index is 0.0675. The van der Waals surface area contributed by atoms with E-state index in [0.717, 1.165) is 29.8 Å². The second-order valence-corrected chi connectivity index (χ2v) is 10.3. The van der Waals surface area contributed by atoms with Gasteiger partial charge in [-0.25, -0.2) is 9.80 Å². The van der Waals surface area contributed by atoms with Crippen molar-refractivity contribution in [1.29, 1.82) is 5.41 Å². The molecule has 2 atom stereocenters. The van der Waals surface area contributed by atoms with Crippen LogP contribution in [0.3, 0.4) is 0 Å². The van der Waals surface area contributed by atoms with E-state index in [1.807, 2.05) is 66.4 Å². The number of amides is 2. The molecule has 0 aliphatic carbocycles. The topological polar surface area (TPSA) is 101 Å². The smallest absolute Gasteiger partial charge is 0.414 e. The van der Waals surface area contributed by atoms with E-state index >= 15 is 0 Å². The summed E-state index contributed by atoms with van der Waals surface area (Å²) in [5, 5.41) is 12.8. The number of hydrazine groups is 1. The minimum atomic E-state index is -0.334. The quantitative estimate of drug-likeness (QED) is 0.373. The van der Waals surface area contributed by atoms with Crippen LogP contribution in [0, 0.1) is 5.41 Å². The first-order valence-electron chi connectivity index (χ1n) is 13.0. The van der Waals surface area contributed by atoms with Crippen LogP contribution in [-0.2, 0) is 9.53 Å². The van der Waals surface area contributed by atoms with Crippen molar-refractivity contribution in [1.82, 2.24) is 24.5 Å². The molecule has 3 heterocycles. The van der Waals surface area contributed by atoms with Crippen molar-refractivity contribution in [2.24, 2.45) is 0 Å². The molecule has 11 nitrogen and oxygen atoms in total. The molecule has 2 unspecified atom stereocenters. The minimum Gasteiger partial charge on any atom is -0.442 e. The van der Waals surface area contributed by atoms with Crippen molar-refractivity contribution in [3.8, 4) is 0 Å². The Morgan fingerprint density at radius 3 is 2.69 bits per heavy atom. The van der Waals surface area contributed by atoms with E-state index in [1.54, 1.807) is 34.1 Å². The van der Waals surface area contributed by atoms with Crippen LogP contribution >= 0.6 is 9.24 Å². The predicted octanol–water partition coefficient (Wildman–Crippen LogP) is 1.71. The number of carbonyl (C=O) groups is 2. The van der Waals surface area contributed by atoms with Crippen LogP contribution in [0.4, 0.5) is 16.2 Å². The number of rotatable bonds is 9. The SMILES string of the molecule is C/C=C\N(CC1CN(c2ccc(N3CCN(C(=O)C/C=C/n4ccncc4=N)CC3)c(P)c2)C(=O)O1)N(C)C. The Morgan fingerprint density at radius 2 is 2.03 bits per heavy atom. The zero-order chi connectivity index (χ0) is 27.9. The monoisotopic (exact) mass is 552 g/mol. The largest absolute Gasteiger partial charge is 0.442 e. The summed E-state index contributed by atoms with van der Waals surface area (Å²) >= 11 is 0. The molecule has 0 radical (unpaired) electrons. The standard InChI is InChI=1S/C27H37N8O3P/c1-4-10-34(30(2)3)19-22-20-35(27(37)38-22)21-7-8-23(24(39)17-21)31-13-15-33(16-14-31)26(36)6-5-11-32-12-9-29-18-25(32)28/h4-5,7-12,17-18,22,28H,6,13-16,19-20,39H2,1-3H3/b10-4-,11-5+,28-25?. The van der Waals surface area contributed by atoms with Crippen molar-refractivity contribution in [3.05, 3.63) is 60.6 Å². The van der Waals surface area contributed by atoms with Gasteiger partial charge < -0.3 is 24.1 Å². The van der Waals surface area contributed by atoms with Crippen LogP contribution in [-0.4, -0.2) is 95.9 Å². The maximum absolute atomic E-state index is 12.7. The Bertz CT molecular complexity index is 1290. The third-order valence-electron chi connectivity index (χ3n) is 6.74. The molecule has 208 valence electrons. The number of cyclic esters (lactones) is 1. The van der Waals surface area contributed by atoms with Crippen LogP contribution in [0.1, 0.15) is 13.3 Å². The Kier molecular flexibility index (Phi) is 9.37. The summed E-state index contributed by atoms with van der Waals surface area (Å²) < 4.78 is 7.26. The van der Waals surface area contributed by atoms with Gasteiger partial charge in [-0.05, 0) is 30.4 Å². The van der Waals surface area contributed by atoms with E-state index in [4.69, 9.17) is 10.1 Å². The number of piperazine rings is 1. The molecule has 0 bridgehead atoms. The van der Waals surface area contributed by atoms with Gasteiger partial charge in [-0.1, -0.05) is 12.2 Å². The summed E-state index contributed by atoms with van der Waals surface area (Å²) in [7, 11) is 6.70. The van der Waals surface area contributed by atoms with Gasteiger partial charge in [-0.15, -0.1) is 9.24 Å². The highest BCUT2D eigenvalue weighted by atomic mass is 31.0. The summed E-state index contributed by atoms with van der Waals surface area (Å²) in [6.45, 7) is 5.76. The molecule has 2 aliphatic rings. The fourth-order valence-electron chi connectivity index (χ4n) is 4.66. The summed E-state index contributed by atoms with van der Waals surface area (Å²) in [6.07, 6.45) is 11.9. The first-order valence-corrected chi connectivity index (χ1v) is 13.5. The van der Waals surface area contributed by atoms with Crippen molar-refractivity contribution in [2.75, 3.05) is 63.2 Å². The molecule has 2 saturated heterocycles. The van der Waals surface area contributed by atoms with Gasteiger partial charge in [0.1, 0.15) is 11.6 Å². The van der Waals surface area contributed by atoms with Crippen molar-refractivity contribution in [3.63, 3.8) is 0 Å². The number of nitrogens with zero attached hydrogens (tertiary/aromatic N) is 7. The molecule has 2 aromatic rings. The average molecular weight is 553 g/mol. The second kappa shape index (κ2) is 12.9. The maximum atomic E-state index is 12.7. The fourth-order valence-corrected chi connectivity index (χ4v) is 5.11. The molecular weight excluding hydrogens is 515 g/mol. The number of hydrogen-bond acceptors (Lipinski definition) is 8. The average Bonchev–Trinajstić information content (AvgIpc) is 3.29. The van der Waals surface area contributed by atoms with Gasteiger partial charge in [0, 0.05) is 82.9 Å². The molecule has 0 spiro atoms. The Morgan fingerprint density at radius 1 is 1.26 bits per heavy atom. The maximum Gasteiger partial charge on any atom is 0.414 e.